The summed E-state index contributed by atoms with van der Waals surface area (Å²) in [4.78, 5) is 103. The molecule has 19 unspecified atom stereocenters. The van der Waals surface area contributed by atoms with Gasteiger partial charge in [-0.2, -0.15) is 10.5 Å². The molecular weight excluding hydrogens is 1050 g/mol. The first-order valence-corrected chi connectivity index (χ1v) is 29.1. The largest absolute Gasteiger partial charge is 0.465 e. The lowest BCUT2D eigenvalue weighted by Gasteiger charge is -2.49. The number of methoxy groups -OCH3 is 2. The smallest absolute Gasteiger partial charge is 0.329 e. The molecule has 19 atom stereocenters. The minimum Gasteiger partial charge on any atom is -0.465 e. The number of ketones is 3. The Kier molecular flexibility index (Phi) is 23.7. The first kappa shape index (κ1) is 66.6. The Balaban J connectivity index is 1.65. The van der Waals surface area contributed by atoms with Crippen LogP contribution in [0, 0.1) is 86.8 Å². The summed E-state index contributed by atoms with van der Waals surface area (Å²) < 4.78 is 35.2. The molecule has 450 valence electrons. The standard InChI is InChI=1S/C61H89N3O17/c1-12-78-57(73)59(32-62)42-19-21-45(60(59,33-63)58(74)79-13-2)34(3)24-38(7)52(68)44(31-65)53(69)39(8)25-35(4)48(67)30-50(36(5)26-41-18-22-47(66)51(28-41)77-11)80-56(72)46-16-14-15-23-64(46)55(71)54(70)61(75)40(9)17-20-43(81-61)29-49(76-10)37(6)27-42/h19,21,25,27,34-36,38,40-47,49-51,53,65-66,69,75H,12-18,20,22-24,26,28-31H2,1-11H3/b37-27?,39-25+. The molecular formula is C61H89N3O17. The van der Waals surface area contributed by atoms with Gasteiger partial charge >= 0.3 is 17.9 Å². The number of piperidine rings is 1. The first-order chi connectivity index (χ1) is 38.3. The quantitative estimate of drug-likeness (QED) is 0.0894. The van der Waals surface area contributed by atoms with Crippen molar-refractivity contribution < 1.29 is 82.4 Å². The van der Waals surface area contributed by atoms with Gasteiger partial charge in [-0.15, -0.1) is 0 Å². The van der Waals surface area contributed by atoms with Crippen molar-refractivity contribution in [3.63, 3.8) is 0 Å². The number of fused-ring (bicyclic) bond motifs is 16. The van der Waals surface area contributed by atoms with E-state index in [0.717, 1.165) is 4.90 Å². The van der Waals surface area contributed by atoms with Gasteiger partial charge in [-0.3, -0.25) is 28.8 Å². The highest BCUT2D eigenvalue weighted by Gasteiger charge is 2.72. The Hall–Kier alpha value is -5.19. The number of hydrogen-bond donors (Lipinski definition) is 4. The van der Waals surface area contributed by atoms with E-state index in [1.807, 2.05) is 6.92 Å². The van der Waals surface area contributed by atoms with Crippen LogP contribution in [0.25, 0.3) is 0 Å². The van der Waals surface area contributed by atoms with Gasteiger partial charge in [0.2, 0.25) is 5.79 Å². The lowest BCUT2D eigenvalue weighted by atomic mass is 9.48. The third-order valence-electron chi connectivity index (χ3n) is 18.3. The molecule has 6 aliphatic rings. The van der Waals surface area contributed by atoms with Crippen LogP contribution in [0.1, 0.15) is 139 Å². The zero-order valence-electron chi connectivity index (χ0n) is 49.3. The molecule has 1 saturated carbocycles. The van der Waals surface area contributed by atoms with Gasteiger partial charge in [-0.1, -0.05) is 58.9 Å². The van der Waals surface area contributed by atoms with Crippen LogP contribution in [-0.4, -0.2) is 156 Å². The fraction of sp³-hybridized carbons (Fsp3) is 0.754. The van der Waals surface area contributed by atoms with Crippen LogP contribution in [0.2, 0.25) is 0 Å². The summed E-state index contributed by atoms with van der Waals surface area (Å²) in [5.74, 6) is -17.3. The highest BCUT2D eigenvalue weighted by Crippen LogP contribution is 2.58. The van der Waals surface area contributed by atoms with Crippen molar-refractivity contribution in [2.75, 3.05) is 40.6 Å². The number of allylic oxidation sites excluding steroid dienone is 4. The van der Waals surface area contributed by atoms with Crippen LogP contribution in [0.15, 0.2) is 35.5 Å². The number of esters is 3. The number of carbonyl (C=O) groups excluding carboxylic acids is 7. The maximum atomic E-state index is 14.7. The maximum Gasteiger partial charge on any atom is 0.329 e. The SMILES string of the molecule is CCOC(=O)C1(C#N)C2C=CC(C(C)CC(C)C(=O)C(CO)C(O)/C(C)=C/C(C)C(=O)CC(C(C)CC3CCC(O)C(OC)C3)OC(=O)C3CCCCN3C(=O)C(=O)C3(O)OC(CCC3C)CC(OC)C(C)=C2)C1(C#N)C(=O)OCC. The minimum absolute atomic E-state index is 0.0238. The number of amides is 1. The number of Topliss-reactive ketones (excluding diaryl/α,β-unsaturated/α-hetero) is 3. The van der Waals surface area contributed by atoms with Crippen LogP contribution < -0.4 is 0 Å². The van der Waals surface area contributed by atoms with E-state index in [2.05, 4.69) is 12.1 Å². The third kappa shape index (κ3) is 13.9. The summed E-state index contributed by atoms with van der Waals surface area (Å²) in [6.07, 6.45) is 3.87. The Bertz CT molecular complexity index is 2460. The molecule has 2 aliphatic carbocycles. The van der Waals surface area contributed by atoms with Gasteiger partial charge in [0, 0.05) is 63.2 Å². The van der Waals surface area contributed by atoms with Gasteiger partial charge in [0.25, 0.3) is 11.7 Å². The molecule has 20 nitrogen and oxygen atoms in total. The van der Waals surface area contributed by atoms with E-state index in [-0.39, 0.29) is 63.4 Å². The molecule has 81 heavy (non-hydrogen) atoms. The average Bonchev–Trinajstić information content (AvgIpc) is 3.34. The zero-order chi connectivity index (χ0) is 60.3. The van der Waals surface area contributed by atoms with E-state index < -0.39 is 154 Å². The Morgan fingerprint density at radius 2 is 1.49 bits per heavy atom. The molecule has 1 amide bonds. The maximum absolute atomic E-state index is 14.7. The average molecular weight is 1140 g/mol. The van der Waals surface area contributed by atoms with Crippen LogP contribution in [0.4, 0.5) is 0 Å². The molecule has 4 heterocycles. The number of carbonyl (C=O) groups is 7. The molecule has 2 saturated heterocycles. The molecule has 6 rings (SSSR count). The molecule has 4 aliphatic heterocycles. The number of rotatable bonds is 10. The van der Waals surface area contributed by atoms with E-state index in [9.17, 15) is 64.5 Å². The van der Waals surface area contributed by atoms with Gasteiger partial charge in [0.1, 0.15) is 23.7 Å². The lowest BCUT2D eigenvalue weighted by molar-refractivity contribution is -0.265. The number of aliphatic hydroxyl groups excluding tert-OH is 3. The van der Waals surface area contributed by atoms with Crippen molar-refractivity contribution in [2.45, 2.75) is 188 Å². The van der Waals surface area contributed by atoms with Crippen LogP contribution in [0.5, 0.6) is 0 Å². The lowest BCUT2D eigenvalue weighted by Crippen LogP contribution is -2.61. The Labute approximate surface area is 477 Å². The van der Waals surface area contributed by atoms with E-state index in [0.29, 0.717) is 50.5 Å². The van der Waals surface area contributed by atoms with E-state index in [4.69, 9.17) is 28.4 Å². The van der Waals surface area contributed by atoms with E-state index in [1.165, 1.54) is 53.2 Å². The summed E-state index contributed by atoms with van der Waals surface area (Å²) in [5.41, 5.74) is -4.63. The summed E-state index contributed by atoms with van der Waals surface area (Å²) in [7, 11) is 2.92. The van der Waals surface area contributed by atoms with Gasteiger partial charge < -0.3 is 53.7 Å². The second-order valence-electron chi connectivity index (χ2n) is 23.7. The van der Waals surface area contributed by atoms with E-state index >= 15 is 0 Å². The molecule has 0 radical (unpaired) electrons. The van der Waals surface area contributed by atoms with Crippen molar-refractivity contribution in [1.29, 1.82) is 10.5 Å². The van der Waals surface area contributed by atoms with Crippen LogP contribution in [-0.2, 0) is 62.0 Å². The van der Waals surface area contributed by atoms with E-state index in [1.54, 1.807) is 40.7 Å². The Morgan fingerprint density at radius 3 is 2.10 bits per heavy atom. The second-order valence-corrected chi connectivity index (χ2v) is 23.7. The van der Waals surface area contributed by atoms with Crippen molar-refractivity contribution in [3.8, 4) is 12.1 Å². The number of nitriles is 2. The second kappa shape index (κ2) is 28.9. The molecule has 4 bridgehead atoms. The summed E-state index contributed by atoms with van der Waals surface area (Å²) in [6, 6.07) is 2.86. The first-order valence-electron chi connectivity index (χ1n) is 29.1. The van der Waals surface area contributed by atoms with Crippen molar-refractivity contribution >= 4 is 41.2 Å². The van der Waals surface area contributed by atoms with Crippen LogP contribution >= 0.6 is 0 Å². The monoisotopic (exact) mass is 1140 g/mol. The fourth-order valence-electron chi connectivity index (χ4n) is 13.4. The number of ether oxygens (including phenoxy) is 6. The number of aliphatic hydroxyl groups is 4. The van der Waals surface area contributed by atoms with Crippen molar-refractivity contribution in [3.05, 3.63) is 35.5 Å². The molecule has 0 aromatic heterocycles. The summed E-state index contributed by atoms with van der Waals surface area (Å²) >= 11 is 0. The molecule has 3 fully saturated rings. The topological polar surface area (TPSA) is 307 Å². The Morgan fingerprint density at radius 1 is 0.840 bits per heavy atom. The van der Waals surface area contributed by atoms with Crippen molar-refractivity contribution in [2.24, 2.45) is 64.1 Å². The molecule has 0 aromatic carbocycles. The van der Waals surface area contributed by atoms with Gasteiger partial charge in [-0.05, 0) is 121 Å². The van der Waals surface area contributed by atoms with Gasteiger partial charge in [0.05, 0.1) is 68.4 Å². The normalized spacial score (nSPS) is 39.2. The fourth-order valence-corrected chi connectivity index (χ4v) is 13.4. The molecule has 0 spiro atoms. The van der Waals surface area contributed by atoms with Gasteiger partial charge in [-0.25, -0.2) is 4.79 Å². The summed E-state index contributed by atoms with van der Waals surface area (Å²) in [5, 5.41) is 68.2. The number of nitrogens with zero attached hydrogens (tertiary/aromatic N) is 3. The predicted molar refractivity (Wildman–Crippen MR) is 292 cm³/mol. The highest BCUT2D eigenvalue weighted by molar-refractivity contribution is 6.39. The van der Waals surface area contributed by atoms with Crippen LogP contribution in [0.3, 0.4) is 0 Å². The predicted octanol–water partition coefficient (Wildman–Crippen LogP) is 5.61. The summed E-state index contributed by atoms with van der Waals surface area (Å²) in [6.45, 7) is 13.1. The van der Waals surface area contributed by atoms with Crippen molar-refractivity contribution in [1.82, 2.24) is 4.90 Å². The zero-order valence-corrected chi connectivity index (χ0v) is 49.3. The minimum atomic E-state index is -2.65. The van der Waals surface area contributed by atoms with Gasteiger partial charge in [0.15, 0.2) is 10.8 Å². The highest BCUT2D eigenvalue weighted by atomic mass is 16.6. The third-order valence-corrected chi connectivity index (χ3v) is 18.3. The molecule has 0 aromatic rings. The number of hydrogen-bond acceptors (Lipinski definition) is 19. The molecule has 4 N–H and O–H groups in total. The molecule has 20 heteroatoms.